The van der Waals surface area contributed by atoms with Crippen LogP contribution >= 0.6 is 0 Å². The number of rotatable bonds is 3. The van der Waals surface area contributed by atoms with Crippen LogP contribution in [0.25, 0.3) is 0 Å². The molecule has 1 amide bonds. The number of amides is 1. The van der Waals surface area contributed by atoms with Crippen molar-refractivity contribution in [2.45, 2.75) is 6.92 Å². The molecule has 0 saturated carbocycles. The highest BCUT2D eigenvalue weighted by Gasteiger charge is 2.15. The summed E-state index contributed by atoms with van der Waals surface area (Å²) < 4.78 is 12.8. The summed E-state index contributed by atoms with van der Waals surface area (Å²) in [5.74, 6) is 1.65. The number of nitrogen functional groups attached to an aromatic ring is 1. The Morgan fingerprint density at radius 3 is 2.81 bits per heavy atom. The fourth-order valence-corrected chi connectivity index (χ4v) is 1.34. The van der Waals surface area contributed by atoms with Crippen molar-refractivity contribution in [3.8, 4) is 12.3 Å². The third-order valence-electron chi connectivity index (χ3n) is 2.20. The second-order valence-electron chi connectivity index (χ2n) is 3.26. The maximum Gasteiger partial charge on any atom is 0.256 e. The molecule has 0 fully saturated rings. The Balaban J connectivity index is 3.00. The number of hydrogen-bond acceptors (Lipinski definition) is 2. The average molecular weight is 220 g/mol. The number of carbonyl (C=O) groups is 1. The van der Waals surface area contributed by atoms with Crippen molar-refractivity contribution < 1.29 is 9.18 Å². The maximum absolute atomic E-state index is 12.8. The second-order valence-corrected chi connectivity index (χ2v) is 3.26. The summed E-state index contributed by atoms with van der Waals surface area (Å²) >= 11 is 0. The normalized spacial score (nSPS) is 9.56. The van der Waals surface area contributed by atoms with Gasteiger partial charge < -0.3 is 10.6 Å². The van der Waals surface area contributed by atoms with Gasteiger partial charge in [-0.05, 0) is 25.1 Å². The summed E-state index contributed by atoms with van der Waals surface area (Å²) in [4.78, 5) is 13.4. The molecule has 0 spiro atoms. The first-order valence-electron chi connectivity index (χ1n) is 4.88. The van der Waals surface area contributed by atoms with Gasteiger partial charge in [0.1, 0.15) is 5.82 Å². The van der Waals surface area contributed by atoms with E-state index in [-0.39, 0.29) is 23.7 Å². The van der Waals surface area contributed by atoms with Gasteiger partial charge in [0.05, 0.1) is 12.1 Å². The molecular weight excluding hydrogens is 207 g/mol. The van der Waals surface area contributed by atoms with E-state index in [1.807, 2.05) is 6.92 Å². The van der Waals surface area contributed by atoms with Crippen LogP contribution in [0.15, 0.2) is 18.2 Å². The Morgan fingerprint density at radius 1 is 1.62 bits per heavy atom. The summed E-state index contributed by atoms with van der Waals surface area (Å²) in [5.41, 5.74) is 5.97. The van der Waals surface area contributed by atoms with Gasteiger partial charge in [-0.25, -0.2) is 4.39 Å². The zero-order chi connectivity index (χ0) is 12.1. The molecule has 1 aromatic carbocycles. The van der Waals surface area contributed by atoms with Gasteiger partial charge in [-0.1, -0.05) is 5.92 Å². The van der Waals surface area contributed by atoms with Crippen LogP contribution in [0.5, 0.6) is 0 Å². The largest absolute Gasteiger partial charge is 0.398 e. The summed E-state index contributed by atoms with van der Waals surface area (Å²) in [6.45, 7) is 2.51. The van der Waals surface area contributed by atoms with E-state index in [2.05, 4.69) is 5.92 Å². The van der Waals surface area contributed by atoms with Gasteiger partial charge in [-0.3, -0.25) is 4.79 Å². The Labute approximate surface area is 94.0 Å². The minimum absolute atomic E-state index is 0.125. The van der Waals surface area contributed by atoms with Crippen LogP contribution < -0.4 is 5.73 Å². The van der Waals surface area contributed by atoms with Gasteiger partial charge in [0.15, 0.2) is 0 Å². The van der Waals surface area contributed by atoms with E-state index in [9.17, 15) is 9.18 Å². The Hall–Kier alpha value is -2.02. The van der Waals surface area contributed by atoms with Crippen molar-refractivity contribution in [2.75, 3.05) is 18.8 Å². The van der Waals surface area contributed by atoms with E-state index in [1.165, 1.54) is 17.0 Å². The predicted octanol–water partition coefficient (Wildman–Crippen LogP) is 1.50. The standard InChI is InChI=1S/C12H13FN2O/c1-3-7-15(4-2)12(16)10-6-5-9(13)8-11(10)14/h1,5-6,8H,4,7,14H2,2H3. The first-order valence-corrected chi connectivity index (χ1v) is 4.88. The van der Waals surface area contributed by atoms with Gasteiger partial charge in [-0.15, -0.1) is 6.42 Å². The minimum Gasteiger partial charge on any atom is -0.398 e. The molecule has 2 N–H and O–H groups in total. The van der Waals surface area contributed by atoms with Crippen LogP contribution in [-0.4, -0.2) is 23.9 Å². The molecule has 0 atom stereocenters. The Bertz CT molecular complexity index is 437. The van der Waals surface area contributed by atoms with Crippen LogP contribution in [0.4, 0.5) is 10.1 Å². The van der Waals surface area contributed by atoms with Crippen molar-refractivity contribution in [1.82, 2.24) is 4.90 Å². The molecule has 0 heterocycles. The van der Waals surface area contributed by atoms with Crippen molar-refractivity contribution in [2.24, 2.45) is 0 Å². The monoisotopic (exact) mass is 220 g/mol. The van der Waals surface area contributed by atoms with Crippen LogP contribution in [-0.2, 0) is 0 Å². The van der Waals surface area contributed by atoms with E-state index >= 15 is 0 Å². The molecule has 4 heteroatoms. The summed E-state index contributed by atoms with van der Waals surface area (Å²) in [6.07, 6.45) is 5.15. The SMILES string of the molecule is C#CCN(CC)C(=O)c1ccc(F)cc1N. The lowest BCUT2D eigenvalue weighted by Gasteiger charge is -2.18. The first-order chi connectivity index (χ1) is 7.60. The average Bonchev–Trinajstić information content (AvgIpc) is 2.25. The third kappa shape index (κ3) is 2.51. The summed E-state index contributed by atoms with van der Waals surface area (Å²) in [5, 5.41) is 0. The molecular formula is C12H13FN2O. The molecule has 0 saturated heterocycles. The van der Waals surface area contributed by atoms with Crippen LogP contribution in [0.3, 0.4) is 0 Å². The number of carbonyl (C=O) groups excluding carboxylic acids is 1. The van der Waals surface area contributed by atoms with Gasteiger partial charge >= 0.3 is 0 Å². The highest BCUT2D eigenvalue weighted by atomic mass is 19.1. The van der Waals surface area contributed by atoms with Crippen molar-refractivity contribution >= 4 is 11.6 Å². The lowest BCUT2D eigenvalue weighted by Crippen LogP contribution is -2.31. The molecule has 0 unspecified atom stereocenters. The van der Waals surface area contributed by atoms with Gasteiger partial charge in [0.2, 0.25) is 0 Å². The molecule has 0 aliphatic rings. The number of benzene rings is 1. The molecule has 0 aromatic heterocycles. The summed E-state index contributed by atoms with van der Waals surface area (Å²) in [6, 6.07) is 3.69. The second kappa shape index (κ2) is 5.17. The smallest absolute Gasteiger partial charge is 0.256 e. The molecule has 0 bridgehead atoms. The molecule has 1 rings (SSSR count). The zero-order valence-corrected chi connectivity index (χ0v) is 9.03. The predicted molar refractivity (Wildman–Crippen MR) is 61.2 cm³/mol. The van der Waals surface area contributed by atoms with Crippen LogP contribution in [0.1, 0.15) is 17.3 Å². The van der Waals surface area contributed by atoms with Gasteiger partial charge in [-0.2, -0.15) is 0 Å². The van der Waals surface area contributed by atoms with E-state index in [4.69, 9.17) is 12.2 Å². The van der Waals surface area contributed by atoms with Crippen molar-refractivity contribution in [1.29, 1.82) is 0 Å². The van der Waals surface area contributed by atoms with E-state index in [0.717, 1.165) is 6.07 Å². The van der Waals surface area contributed by atoms with E-state index < -0.39 is 5.82 Å². The van der Waals surface area contributed by atoms with Crippen LogP contribution in [0.2, 0.25) is 0 Å². The lowest BCUT2D eigenvalue weighted by molar-refractivity contribution is 0.0786. The molecule has 0 radical (unpaired) electrons. The number of nitrogens with two attached hydrogens (primary N) is 1. The fraction of sp³-hybridized carbons (Fsp3) is 0.250. The van der Waals surface area contributed by atoms with Crippen molar-refractivity contribution in [3.05, 3.63) is 29.6 Å². The topological polar surface area (TPSA) is 46.3 Å². The number of nitrogens with zero attached hydrogens (tertiary/aromatic N) is 1. The third-order valence-corrected chi connectivity index (χ3v) is 2.20. The van der Waals surface area contributed by atoms with E-state index in [0.29, 0.717) is 6.54 Å². The molecule has 3 nitrogen and oxygen atoms in total. The minimum atomic E-state index is -0.464. The highest BCUT2D eigenvalue weighted by molar-refractivity contribution is 5.99. The Kier molecular flexibility index (Phi) is 3.90. The van der Waals surface area contributed by atoms with E-state index in [1.54, 1.807) is 0 Å². The van der Waals surface area contributed by atoms with Crippen LogP contribution in [0, 0.1) is 18.2 Å². The lowest BCUT2D eigenvalue weighted by atomic mass is 10.1. The van der Waals surface area contributed by atoms with Gasteiger partial charge in [0.25, 0.3) is 5.91 Å². The molecule has 16 heavy (non-hydrogen) atoms. The summed E-state index contributed by atoms with van der Waals surface area (Å²) in [7, 11) is 0. The number of halogens is 1. The number of terminal acetylenes is 1. The fourth-order valence-electron chi connectivity index (χ4n) is 1.34. The Morgan fingerprint density at radius 2 is 2.31 bits per heavy atom. The quantitative estimate of drug-likeness (QED) is 0.620. The number of hydrogen-bond donors (Lipinski definition) is 1. The number of anilines is 1. The molecule has 0 aliphatic carbocycles. The molecule has 84 valence electrons. The first kappa shape index (κ1) is 12.1. The highest BCUT2D eigenvalue weighted by Crippen LogP contribution is 2.15. The molecule has 1 aromatic rings. The van der Waals surface area contributed by atoms with Gasteiger partial charge in [0, 0.05) is 12.2 Å². The zero-order valence-electron chi connectivity index (χ0n) is 9.03. The maximum atomic E-state index is 12.8. The van der Waals surface area contributed by atoms with Crippen molar-refractivity contribution in [3.63, 3.8) is 0 Å². The molecule has 0 aliphatic heterocycles.